The molecular formula is C42H43N3O10S. The molecule has 1 amide bonds. The number of anilines is 1. The Morgan fingerprint density at radius 1 is 0.857 bits per heavy atom. The van der Waals surface area contributed by atoms with Crippen LogP contribution in [0.15, 0.2) is 131 Å². The standard InChI is InChI=1S/C42H43N3O10S/c1-29-19-21-35(22-20-29)56(49,50)53-24-23-42(28-51-26-32-13-7-4-8-14-32)37(52-27-33-15-9-5-10-16-33)36(54-31(3)46)40(55-42)45-25-30(2)38(44-41(45)48)43-39(47)34-17-11-6-12-18-34/h4-22,25,36-37,40H,23-24,26-28H2,1-3H3,(H,43,44,47,48)/t36-,37+,40-,42-/m1/s1. The summed E-state index contributed by atoms with van der Waals surface area (Å²) in [5, 5.41) is 2.69. The van der Waals surface area contributed by atoms with Crippen LogP contribution >= 0.6 is 0 Å². The zero-order valence-electron chi connectivity index (χ0n) is 31.2. The lowest BCUT2D eigenvalue weighted by molar-refractivity contribution is -0.164. The van der Waals surface area contributed by atoms with Crippen LogP contribution in [0.4, 0.5) is 5.82 Å². The third-order valence-electron chi connectivity index (χ3n) is 9.24. The summed E-state index contributed by atoms with van der Waals surface area (Å²) in [5.41, 5.74) is 0.946. The van der Waals surface area contributed by atoms with Gasteiger partial charge in [0.1, 0.15) is 17.5 Å². The Bertz CT molecular complexity index is 2270. The van der Waals surface area contributed by atoms with Gasteiger partial charge >= 0.3 is 11.7 Å². The molecule has 56 heavy (non-hydrogen) atoms. The lowest BCUT2D eigenvalue weighted by Crippen LogP contribution is -2.50. The number of hydrogen-bond donors (Lipinski definition) is 1. The predicted molar refractivity (Wildman–Crippen MR) is 206 cm³/mol. The highest BCUT2D eigenvalue weighted by atomic mass is 32.2. The number of aryl methyl sites for hydroxylation is 2. The van der Waals surface area contributed by atoms with E-state index in [1.807, 2.05) is 67.6 Å². The molecule has 6 rings (SSSR count). The Labute approximate surface area is 325 Å². The number of nitrogens with one attached hydrogen (secondary N) is 1. The minimum absolute atomic E-state index is 0.0232. The Hall–Kier alpha value is -5.51. The molecule has 0 aliphatic carbocycles. The minimum Gasteiger partial charge on any atom is -0.455 e. The topological polar surface area (TPSA) is 161 Å². The van der Waals surface area contributed by atoms with Crippen LogP contribution in [0.2, 0.25) is 0 Å². The highest BCUT2D eigenvalue weighted by Gasteiger charge is 2.59. The maximum atomic E-state index is 13.9. The number of nitrogens with zero attached hydrogens (tertiary/aromatic N) is 2. The van der Waals surface area contributed by atoms with Gasteiger partial charge in [-0.2, -0.15) is 13.4 Å². The van der Waals surface area contributed by atoms with E-state index in [2.05, 4.69) is 10.3 Å². The molecule has 292 valence electrons. The number of aromatic nitrogens is 2. The van der Waals surface area contributed by atoms with Gasteiger partial charge in [-0.15, -0.1) is 0 Å². The number of amides is 1. The molecule has 4 aromatic carbocycles. The summed E-state index contributed by atoms with van der Waals surface area (Å²) in [5.74, 6) is -1.11. The largest absolute Gasteiger partial charge is 0.455 e. The second-order valence-corrected chi connectivity index (χ2v) is 15.1. The zero-order chi connectivity index (χ0) is 39.7. The molecule has 0 saturated carbocycles. The number of carbonyl (C=O) groups is 2. The SMILES string of the molecule is CC(=O)O[C@H]1[C@H](n2cc(C)c(NC(=O)c3ccccc3)nc2=O)O[C@](CCOS(=O)(=O)c2ccc(C)cc2)(COCc2ccccc2)[C@H]1OCc1ccccc1. The molecular weight excluding hydrogens is 739 g/mol. The van der Waals surface area contributed by atoms with E-state index in [9.17, 15) is 22.8 Å². The van der Waals surface area contributed by atoms with E-state index in [4.69, 9.17) is 23.1 Å². The highest BCUT2D eigenvalue weighted by Crippen LogP contribution is 2.44. The summed E-state index contributed by atoms with van der Waals surface area (Å²) < 4.78 is 58.9. The van der Waals surface area contributed by atoms with E-state index in [1.165, 1.54) is 29.8 Å². The van der Waals surface area contributed by atoms with Crippen LogP contribution < -0.4 is 11.0 Å². The first-order valence-electron chi connectivity index (χ1n) is 18.0. The van der Waals surface area contributed by atoms with Crippen LogP contribution in [0.5, 0.6) is 0 Å². The molecule has 0 radical (unpaired) electrons. The Morgan fingerprint density at radius 3 is 2.09 bits per heavy atom. The normalized spacial score (nSPS) is 19.4. The fourth-order valence-electron chi connectivity index (χ4n) is 6.40. The predicted octanol–water partition coefficient (Wildman–Crippen LogP) is 5.91. The van der Waals surface area contributed by atoms with Crippen molar-refractivity contribution in [1.29, 1.82) is 0 Å². The van der Waals surface area contributed by atoms with Gasteiger partial charge in [0.25, 0.3) is 16.0 Å². The van der Waals surface area contributed by atoms with Crippen molar-refractivity contribution in [3.63, 3.8) is 0 Å². The Balaban J connectivity index is 1.38. The summed E-state index contributed by atoms with van der Waals surface area (Å²) in [6, 6.07) is 33.4. The molecule has 0 unspecified atom stereocenters. The van der Waals surface area contributed by atoms with E-state index in [-0.39, 0.29) is 43.6 Å². The van der Waals surface area contributed by atoms with E-state index < -0.39 is 51.7 Å². The first-order chi connectivity index (χ1) is 26.9. The smallest absolute Gasteiger partial charge is 0.351 e. The fraction of sp³-hybridized carbons (Fsp3) is 0.286. The number of hydrogen-bond acceptors (Lipinski definition) is 11. The van der Waals surface area contributed by atoms with Crippen LogP contribution in [0, 0.1) is 13.8 Å². The third kappa shape index (κ3) is 9.83. The van der Waals surface area contributed by atoms with Gasteiger partial charge in [-0.25, -0.2) is 4.79 Å². The molecule has 1 aromatic heterocycles. The van der Waals surface area contributed by atoms with Gasteiger partial charge in [0.2, 0.25) is 0 Å². The number of esters is 1. The quantitative estimate of drug-likeness (QED) is 0.0937. The summed E-state index contributed by atoms with van der Waals surface area (Å²) >= 11 is 0. The van der Waals surface area contributed by atoms with Crippen LogP contribution in [0.25, 0.3) is 0 Å². The van der Waals surface area contributed by atoms with Gasteiger partial charge in [0.05, 0.1) is 31.3 Å². The van der Waals surface area contributed by atoms with E-state index in [1.54, 1.807) is 49.4 Å². The number of rotatable bonds is 16. The third-order valence-corrected chi connectivity index (χ3v) is 10.6. The first kappa shape index (κ1) is 40.2. The molecule has 1 fully saturated rings. The number of carbonyl (C=O) groups excluding carboxylic acids is 2. The molecule has 1 saturated heterocycles. The van der Waals surface area contributed by atoms with Gasteiger partial charge in [-0.1, -0.05) is 96.6 Å². The Kier molecular flexibility index (Phi) is 12.9. The summed E-state index contributed by atoms with van der Waals surface area (Å²) in [6.45, 7) is 4.35. The zero-order valence-corrected chi connectivity index (χ0v) is 32.0. The molecule has 0 spiro atoms. The number of benzene rings is 4. The van der Waals surface area contributed by atoms with Crippen LogP contribution in [0.3, 0.4) is 0 Å². The molecule has 13 nitrogen and oxygen atoms in total. The van der Waals surface area contributed by atoms with E-state index in [0.29, 0.717) is 11.1 Å². The fourth-order valence-corrected chi connectivity index (χ4v) is 7.31. The molecule has 1 N–H and O–H groups in total. The molecule has 0 bridgehead atoms. The monoisotopic (exact) mass is 781 g/mol. The molecule has 1 aliphatic heterocycles. The van der Waals surface area contributed by atoms with Crippen molar-refractivity contribution in [3.8, 4) is 0 Å². The van der Waals surface area contributed by atoms with Crippen molar-refractivity contribution < 1.29 is 41.1 Å². The van der Waals surface area contributed by atoms with Gasteiger partial charge in [-0.3, -0.25) is 18.3 Å². The van der Waals surface area contributed by atoms with Crippen LogP contribution in [-0.4, -0.2) is 60.9 Å². The van der Waals surface area contributed by atoms with Gasteiger partial charge in [0, 0.05) is 30.7 Å². The van der Waals surface area contributed by atoms with Gasteiger partial charge in [0.15, 0.2) is 12.3 Å². The summed E-state index contributed by atoms with van der Waals surface area (Å²) in [4.78, 5) is 43.7. The van der Waals surface area contributed by atoms with Gasteiger partial charge < -0.3 is 24.3 Å². The Morgan fingerprint density at radius 2 is 1.46 bits per heavy atom. The van der Waals surface area contributed by atoms with Crippen molar-refractivity contribution in [2.45, 2.75) is 69.3 Å². The van der Waals surface area contributed by atoms with Crippen molar-refractivity contribution in [3.05, 3.63) is 160 Å². The average molecular weight is 782 g/mol. The molecule has 14 heteroatoms. The van der Waals surface area contributed by atoms with E-state index >= 15 is 0 Å². The number of ether oxygens (including phenoxy) is 4. The molecule has 2 heterocycles. The van der Waals surface area contributed by atoms with Crippen molar-refractivity contribution >= 4 is 27.8 Å². The van der Waals surface area contributed by atoms with Crippen molar-refractivity contribution in [2.24, 2.45) is 0 Å². The van der Waals surface area contributed by atoms with E-state index in [0.717, 1.165) is 16.7 Å². The van der Waals surface area contributed by atoms with Crippen molar-refractivity contribution in [1.82, 2.24) is 9.55 Å². The minimum atomic E-state index is -4.20. The lowest BCUT2D eigenvalue weighted by Gasteiger charge is -2.34. The van der Waals surface area contributed by atoms with Gasteiger partial charge in [-0.05, 0) is 49.2 Å². The van der Waals surface area contributed by atoms with Crippen LogP contribution in [-0.2, 0) is 51.3 Å². The second-order valence-electron chi connectivity index (χ2n) is 13.5. The van der Waals surface area contributed by atoms with Crippen molar-refractivity contribution in [2.75, 3.05) is 18.5 Å². The molecule has 1 aliphatic rings. The summed E-state index contributed by atoms with van der Waals surface area (Å²) in [6.07, 6.45) is -2.39. The summed E-state index contributed by atoms with van der Waals surface area (Å²) in [7, 11) is -4.20. The van der Waals surface area contributed by atoms with Crippen LogP contribution in [0.1, 0.15) is 52.2 Å². The highest BCUT2D eigenvalue weighted by molar-refractivity contribution is 7.86. The second kappa shape index (κ2) is 18.0. The lowest BCUT2D eigenvalue weighted by atomic mass is 9.92. The first-order valence-corrected chi connectivity index (χ1v) is 19.4. The maximum absolute atomic E-state index is 13.9. The molecule has 5 aromatic rings. The maximum Gasteiger partial charge on any atom is 0.351 e. The average Bonchev–Trinajstić information content (AvgIpc) is 3.47. The molecule has 4 atom stereocenters.